The van der Waals surface area contributed by atoms with Crippen molar-refractivity contribution >= 4 is 11.9 Å². The summed E-state index contributed by atoms with van der Waals surface area (Å²) in [4.78, 5) is 24.9. The Morgan fingerprint density at radius 2 is 1.95 bits per heavy atom. The Kier molecular flexibility index (Phi) is 4.55. The average Bonchev–Trinajstić information content (AvgIpc) is 3.03. The summed E-state index contributed by atoms with van der Waals surface area (Å²) in [5.41, 5.74) is -0.0707. The molecule has 1 heterocycles. The molecule has 0 saturated heterocycles. The number of hydrogen-bond donors (Lipinski definition) is 1. The van der Waals surface area contributed by atoms with Crippen molar-refractivity contribution < 1.29 is 14.3 Å². The molecule has 2 rings (SSSR count). The summed E-state index contributed by atoms with van der Waals surface area (Å²) < 4.78 is 5.30. The van der Waals surface area contributed by atoms with Crippen molar-refractivity contribution in [2.45, 2.75) is 26.0 Å². The molecule has 0 unspecified atom stereocenters. The van der Waals surface area contributed by atoms with E-state index >= 15 is 0 Å². The first-order valence-corrected chi connectivity index (χ1v) is 6.81. The Bertz CT molecular complexity index is 664. The Hall–Kier alpha value is -2.70. The fourth-order valence-electron chi connectivity index (χ4n) is 1.75. The van der Waals surface area contributed by atoms with Crippen LogP contribution in [0.3, 0.4) is 0 Å². The number of nitrogens with one attached hydrogen (secondary N) is 1. The van der Waals surface area contributed by atoms with Gasteiger partial charge in [-0.15, -0.1) is 5.10 Å². The summed E-state index contributed by atoms with van der Waals surface area (Å²) in [6.45, 7) is 3.44. The van der Waals surface area contributed by atoms with Crippen LogP contribution in [0.1, 0.15) is 29.9 Å². The quantitative estimate of drug-likeness (QED) is 0.836. The zero-order valence-corrected chi connectivity index (χ0v) is 12.7. The number of ether oxygens (including phenoxy) is 1. The average molecular weight is 302 g/mol. The third-order valence-corrected chi connectivity index (χ3v) is 3.16. The predicted molar refractivity (Wildman–Crippen MR) is 79.0 cm³/mol. The van der Waals surface area contributed by atoms with E-state index in [0.29, 0.717) is 0 Å². The van der Waals surface area contributed by atoms with Crippen molar-refractivity contribution in [1.29, 1.82) is 0 Å². The van der Waals surface area contributed by atoms with Gasteiger partial charge in [-0.1, -0.05) is 30.3 Å². The van der Waals surface area contributed by atoms with Gasteiger partial charge in [0.15, 0.2) is 11.2 Å². The number of benzene rings is 1. The van der Waals surface area contributed by atoms with E-state index < -0.39 is 11.5 Å². The van der Waals surface area contributed by atoms with Gasteiger partial charge in [0, 0.05) is 7.05 Å². The third kappa shape index (κ3) is 3.30. The van der Waals surface area contributed by atoms with Gasteiger partial charge in [-0.3, -0.25) is 4.79 Å². The number of carbonyl (C=O) groups excluding carboxylic acids is 2. The minimum Gasteiger partial charge on any atom is -0.459 e. The van der Waals surface area contributed by atoms with E-state index in [1.807, 2.05) is 30.3 Å². The van der Waals surface area contributed by atoms with Crippen LogP contribution in [0.5, 0.6) is 0 Å². The molecule has 0 atom stereocenters. The largest absolute Gasteiger partial charge is 0.459 e. The highest BCUT2D eigenvalue weighted by Crippen LogP contribution is 2.16. The van der Waals surface area contributed by atoms with Crippen LogP contribution in [-0.4, -0.2) is 33.9 Å². The van der Waals surface area contributed by atoms with Gasteiger partial charge in [-0.2, -0.15) is 9.90 Å². The molecule has 0 radical (unpaired) electrons. The summed E-state index contributed by atoms with van der Waals surface area (Å²) in [7, 11) is 1.50. The number of nitrogens with zero attached hydrogens (tertiary/aromatic N) is 3. The van der Waals surface area contributed by atoms with Crippen molar-refractivity contribution in [2.75, 3.05) is 7.05 Å². The van der Waals surface area contributed by atoms with E-state index in [-0.39, 0.29) is 18.2 Å². The van der Waals surface area contributed by atoms with E-state index in [9.17, 15) is 9.59 Å². The molecule has 0 aliphatic carbocycles. The van der Waals surface area contributed by atoms with E-state index in [1.54, 1.807) is 13.8 Å². The first-order valence-electron chi connectivity index (χ1n) is 6.81. The van der Waals surface area contributed by atoms with Gasteiger partial charge in [0.25, 0.3) is 5.91 Å². The molecule has 0 aliphatic rings. The molecule has 1 aromatic carbocycles. The molecular formula is C15H18N4O3. The molecule has 7 heteroatoms. The second kappa shape index (κ2) is 6.38. The molecular weight excluding hydrogens is 284 g/mol. The maximum atomic E-state index is 12.3. The Labute approximate surface area is 128 Å². The summed E-state index contributed by atoms with van der Waals surface area (Å²) in [6.07, 6.45) is 1.31. The Balaban J connectivity index is 2.07. The molecule has 0 fully saturated rings. The number of hydrogen-bond acceptors (Lipinski definition) is 5. The Morgan fingerprint density at radius 1 is 1.27 bits per heavy atom. The molecule has 0 saturated carbocycles. The van der Waals surface area contributed by atoms with Crippen LogP contribution >= 0.6 is 0 Å². The van der Waals surface area contributed by atoms with Gasteiger partial charge < -0.3 is 10.1 Å². The SMILES string of the molecule is CNC(=O)c1cnn(C(C)(C)C(=O)OCc2ccccc2)n1. The predicted octanol–water partition coefficient (Wildman–Crippen LogP) is 1.12. The van der Waals surface area contributed by atoms with Gasteiger partial charge in [0.2, 0.25) is 0 Å². The van der Waals surface area contributed by atoms with Crippen molar-refractivity contribution in [2.24, 2.45) is 0 Å². The Morgan fingerprint density at radius 3 is 2.59 bits per heavy atom. The molecule has 1 N–H and O–H groups in total. The second-order valence-electron chi connectivity index (χ2n) is 5.22. The summed E-state index contributed by atoms with van der Waals surface area (Å²) in [6, 6.07) is 9.38. The number of carbonyl (C=O) groups is 2. The topological polar surface area (TPSA) is 86.1 Å². The fourth-order valence-corrected chi connectivity index (χ4v) is 1.75. The lowest BCUT2D eigenvalue weighted by Crippen LogP contribution is -2.39. The molecule has 2 aromatic rings. The standard InChI is InChI=1S/C15H18N4O3/c1-15(2,19-17-9-12(18-19)13(20)16-3)14(21)22-10-11-7-5-4-6-8-11/h4-9H,10H2,1-3H3,(H,16,20). The molecule has 1 amide bonds. The zero-order valence-electron chi connectivity index (χ0n) is 12.7. The van der Waals surface area contributed by atoms with Crippen LogP contribution in [0.25, 0.3) is 0 Å². The molecule has 7 nitrogen and oxygen atoms in total. The van der Waals surface area contributed by atoms with Crippen molar-refractivity contribution in [3.63, 3.8) is 0 Å². The number of rotatable bonds is 5. The highest BCUT2D eigenvalue weighted by molar-refractivity contribution is 5.91. The van der Waals surface area contributed by atoms with Crippen molar-refractivity contribution in [3.8, 4) is 0 Å². The van der Waals surface area contributed by atoms with Gasteiger partial charge >= 0.3 is 5.97 Å². The molecule has 0 aliphatic heterocycles. The van der Waals surface area contributed by atoms with E-state index in [4.69, 9.17) is 4.74 Å². The number of amides is 1. The maximum Gasteiger partial charge on any atom is 0.335 e. The molecule has 1 aromatic heterocycles. The minimum atomic E-state index is -1.11. The van der Waals surface area contributed by atoms with Crippen LogP contribution < -0.4 is 5.32 Å². The zero-order chi connectivity index (χ0) is 16.2. The highest BCUT2D eigenvalue weighted by Gasteiger charge is 2.34. The second-order valence-corrected chi connectivity index (χ2v) is 5.22. The van der Waals surface area contributed by atoms with Gasteiger partial charge in [0.1, 0.15) is 6.61 Å². The van der Waals surface area contributed by atoms with E-state index in [1.165, 1.54) is 18.0 Å². The molecule has 0 spiro atoms. The highest BCUT2D eigenvalue weighted by atomic mass is 16.5. The van der Waals surface area contributed by atoms with Crippen molar-refractivity contribution in [3.05, 3.63) is 47.8 Å². The monoisotopic (exact) mass is 302 g/mol. The van der Waals surface area contributed by atoms with Crippen molar-refractivity contribution in [1.82, 2.24) is 20.3 Å². The van der Waals surface area contributed by atoms with Crippen LogP contribution in [0, 0.1) is 0 Å². The lowest BCUT2D eigenvalue weighted by atomic mass is 10.1. The van der Waals surface area contributed by atoms with Crippen LogP contribution in [0.15, 0.2) is 36.5 Å². The third-order valence-electron chi connectivity index (χ3n) is 3.16. The van der Waals surface area contributed by atoms with Crippen LogP contribution in [-0.2, 0) is 21.7 Å². The first-order chi connectivity index (χ1) is 10.4. The molecule has 0 bridgehead atoms. The lowest BCUT2D eigenvalue weighted by Gasteiger charge is -2.21. The van der Waals surface area contributed by atoms with E-state index in [0.717, 1.165) is 5.56 Å². The minimum absolute atomic E-state index is 0.145. The van der Waals surface area contributed by atoms with Gasteiger partial charge in [-0.25, -0.2) is 4.79 Å². The summed E-state index contributed by atoms with van der Waals surface area (Å²) >= 11 is 0. The first kappa shape index (κ1) is 15.7. The van der Waals surface area contributed by atoms with Crippen LogP contribution in [0.2, 0.25) is 0 Å². The maximum absolute atomic E-state index is 12.3. The van der Waals surface area contributed by atoms with Crippen LogP contribution in [0.4, 0.5) is 0 Å². The smallest absolute Gasteiger partial charge is 0.335 e. The summed E-state index contributed by atoms with van der Waals surface area (Å²) in [5, 5.41) is 10.4. The number of esters is 1. The normalized spacial score (nSPS) is 11.0. The summed E-state index contributed by atoms with van der Waals surface area (Å²) in [5.74, 6) is -0.838. The van der Waals surface area contributed by atoms with Gasteiger partial charge in [0.05, 0.1) is 6.20 Å². The van der Waals surface area contributed by atoms with E-state index in [2.05, 4.69) is 15.5 Å². The molecule has 22 heavy (non-hydrogen) atoms. The lowest BCUT2D eigenvalue weighted by molar-refractivity contribution is -0.155. The fraction of sp³-hybridized carbons (Fsp3) is 0.333. The number of aromatic nitrogens is 3. The molecule has 116 valence electrons. The van der Waals surface area contributed by atoms with Gasteiger partial charge in [-0.05, 0) is 19.4 Å².